The van der Waals surface area contributed by atoms with Gasteiger partial charge in [0.25, 0.3) is 5.69 Å². The average molecular weight is 350 g/mol. The van der Waals surface area contributed by atoms with E-state index in [0.717, 1.165) is 0 Å². The highest BCUT2D eigenvalue weighted by atomic mass is 16.6. The monoisotopic (exact) mass is 350 g/mol. The van der Waals surface area contributed by atoms with Crippen LogP contribution in [0, 0.1) is 10.1 Å². The number of ether oxygens (including phenoxy) is 4. The van der Waals surface area contributed by atoms with Gasteiger partial charge < -0.3 is 23.8 Å². The number of rotatable bonds is 6. The third-order valence-electron chi connectivity index (χ3n) is 4.30. The molecule has 0 aliphatic carbocycles. The SMILES string of the molecule is CO[C@@H]1CO[C@H]2[C@@H]1OC[C@H]2Oc1ccc([N+](=O)[O-])c(/C=C/N(C)C)c1. The molecular formula is C17H22N2O6. The molecule has 2 heterocycles. The number of hydrogen-bond donors (Lipinski definition) is 0. The maximum absolute atomic E-state index is 11.2. The maximum Gasteiger partial charge on any atom is 0.276 e. The fourth-order valence-corrected chi connectivity index (χ4v) is 3.04. The van der Waals surface area contributed by atoms with Crippen LogP contribution in [0.5, 0.6) is 5.75 Å². The third-order valence-corrected chi connectivity index (χ3v) is 4.30. The summed E-state index contributed by atoms with van der Waals surface area (Å²) in [4.78, 5) is 12.6. The molecule has 0 radical (unpaired) electrons. The minimum Gasteiger partial charge on any atom is -0.485 e. The molecule has 0 aromatic heterocycles. The minimum absolute atomic E-state index is 0.0301. The molecule has 2 aliphatic heterocycles. The fourth-order valence-electron chi connectivity index (χ4n) is 3.04. The van der Waals surface area contributed by atoms with Gasteiger partial charge in [-0.05, 0) is 24.4 Å². The fraction of sp³-hybridized carbons (Fsp3) is 0.529. The summed E-state index contributed by atoms with van der Waals surface area (Å²) in [5.74, 6) is 0.544. The summed E-state index contributed by atoms with van der Waals surface area (Å²) in [5, 5.41) is 11.2. The van der Waals surface area contributed by atoms with Gasteiger partial charge in [0.15, 0.2) is 6.10 Å². The third kappa shape index (κ3) is 3.76. The predicted molar refractivity (Wildman–Crippen MR) is 90.5 cm³/mol. The summed E-state index contributed by atoms with van der Waals surface area (Å²) in [6.45, 7) is 0.873. The van der Waals surface area contributed by atoms with Crippen LogP contribution in [0.2, 0.25) is 0 Å². The molecule has 8 nitrogen and oxygen atoms in total. The molecule has 1 aromatic rings. The van der Waals surface area contributed by atoms with E-state index < -0.39 is 4.92 Å². The molecule has 1 aromatic carbocycles. The topological polar surface area (TPSA) is 83.3 Å². The van der Waals surface area contributed by atoms with Crippen molar-refractivity contribution in [3.05, 3.63) is 40.1 Å². The second-order valence-corrected chi connectivity index (χ2v) is 6.28. The summed E-state index contributed by atoms with van der Waals surface area (Å²) in [6.07, 6.45) is 2.75. The molecule has 2 fully saturated rings. The van der Waals surface area contributed by atoms with Crippen molar-refractivity contribution in [1.82, 2.24) is 4.90 Å². The van der Waals surface area contributed by atoms with Gasteiger partial charge >= 0.3 is 0 Å². The van der Waals surface area contributed by atoms with E-state index in [-0.39, 0.29) is 30.1 Å². The molecule has 2 saturated heterocycles. The second-order valence-electron chi connectivity index (χ2n) is 6.28. The van der Waals surface area contributed by atoms with Gasteiger partial charge in [-0.15, -0.1) is 0 Å². The van der Waals surface area contributed by atoms with Crippen molar-refractivity contribution in [3.63, 3.8) is 0 Å². The average Bonchev–Trinajstić information content (AvgIpc) is 3.15. The van der Waals surface area contributed by atoms with Gasteiger partial charge in [0.1, 0.15) is 24.1 Å². The van der Waals surface area contributed by atoms with Crippen LogP contribution in [0.1, 0.15) is 5.56 Å². The molecule has 136 valence electrons. The molecule has 8 heteroatoms. The Morgan fingerprint density at radius 3 is 2.56 bits per heavy atom. The molecule has 0 unspecified atom stereocenters. The number of fused-ring (bicyclic) bond motifs is 1. The zero-order valence-electron chi connectivity index (χ0n) is 14.5. The quantitative estimate of drug-likeness (QED) is 0.570. The van der Waals surface area contributed by atoms with Crippen LogP contribution >= 0.6 is 0 Å². The van der Waals surface area contributed by atoms with E-state index in [1.807, 2.05) is 19.0 Å². The van der Waals surface area contributed by atoms with Crippen molar-refractivity contribution in [2.45, 2.75) is 24.4 Å². The molecule has 4 atom stereocenters. The highest BCUT2D eigenvalue weighted by molar-refractivity contribution is 5.62. The van der Waals surface area contributed by atoms with Crippen molar-refractivity contribution in [1.29, 1.82) is 0 Å². The smallest absolute Gasteiger partial charge is 0.276 e. The van der Waals surface area contributed by atoms with Gasteiger partial charge in [-0.2, -0.15) is 0 Å². The second kappa shape index (κ2) is 7.38. The van der Waals surface area contributed by atoms with Crippen LogP contribution in [-0.4, -0.2) is 68.7 Å². The molecule has 3 rings (SSSR count). The van der Waals surface area contributed by atoms with Gasteiger partial charge in [0, 0.05) is 27.3 Å². The largest absolute Gasteiger partial charge is 0.485 e. The number of nitrogens with zero attached hydrogens (tertiary/aromatic N) is 2. The lowest BCUT2D eigenvalue weighted by Gasteiger charge is -2.18. The summed E-state index contributed by atoms with van der Waals surface area (Å²) >= 11 is 0. The van der Waals surface area contributed by atoms with Gasteiger partial charge in [-0.3, -0.25) is 10.1 Å². The van der Waals surface area contributed by atoms with Gasteiger partial charge in [0.05, 0.1) is 23.7 Å². The Morgan fingerprint density at radius 1 is 1.24 bits per heavy atom. The van der Waals surface area contributed by atoms with E-state index in [2.05, 4.69) is 0 Å². The molecular weight excluding hydrogens is 328 g/mol. The van der Waals surface area contributed by atoms with Crippen molar-refractivity contribution in [2.24, 2.45) is 0 Å². The molecule has 0 spiro atoms. The Balaban J connectivity index is 1.77. The van der Waals surface area contributed by atoms with Crippen molar-refractivity contribution in [2.75, 3.05) is 34.4 Å². The Labute approximate surface area is 146 Å². The highest BCUT2D eigenvalue weighted by Gasteiger charge is 2.49. The molecule has 25 heavy (non-hydrogen) atoms. The zero-order chi connectivity index (χ0) is 18.0. The first-order chi connectivity index (χ1) is 12.0. The number of benzene rings is 1. The van der Waals surface area contributed by atoms with Crippen LogP contribution in [0.25, 0.3) is 6.08 Å². The molecule has 0 N–H and O–H groups in total. The Hall–Kier alpha value is -2.16. The van der Waals surface area contributed by atoms with E-state index in [1.54, 1.807) is 31.5 Å². The maximum atomic E-state index is 11.2. The van der Waals surface area contributed by atoms with Crippen molar-refractivity contribution < 1.29 is 23.9 Å². The first-order valence-electron chi connectivity index (χ1n) is 8.05. The van der Waals surface area contributed by atoms with Crippen LogP contribution in [-0.2, 0) is 14.2 Å². The number of hydrogen-bond acceptors (Lipinski definition) is 7. The Bertz CT molecular complexity index is 663. The normalized spacial score (nSPS) is 28.3. The van der Waals surface area contributed by atoms with Gasteiger partial charge in [0.2, 0.25) is 0 Å². The standard InChI is InChI=1S/C17H22N2O6/c1-18(2)7-6-11-8-12(4-5-13(11)19(20)21)25-15-10-24-16-14(22-3)9-23-17(15)16/h4-8,14-17H,9-10H2,1-3H3/b7-6+/t14-,15-,16-,17-/m1/s1. The van der Waals surface area contributed by atoms with Crippen LogP contribution < -0.4 is 4.74 Å². The first-order valence-corrected chi connectivity index (χ1v) is 8.05. The highest BCUT2D eigenvalue weighted by Crippen LogP contribution is 2.32. The predicted octanol–water partition coefficient (Wildman–Crippen LogP) is 1.69. The lowest BCUT2D eigenvalue weighted by atomic mass is 10.1. The van der Waals surface area contributed by atoms with Gasteiger partial charge in [-0.25, -0.2) is 0 Å². The molecule has 0 saturated carbocycles. The zero-order valence-corrected chi connectivity index (χ0v) is 14.5. The van der Waals surface area contributed by atoms with E-state index >= 15 is 0 Å². The Kier molecular flexibility index (Phi) is 5.22. The van der Waals surface area contributed by atoms with Gasteiger partial charge in [-0.1, -0.05) is 0 Å². The first kappa shape index (κ1) is 17.7. The van der Waals surface area contributed by atoms with E-state index in [1.165, 1.54) is 6.07 Å². The minimum atomic E-state index is -0.406. The molecule has 2 aliphatic rings. The number of nitro groups is 1. The summed E-state index contributed by atoms with van der Waals surface area (Å²) in [6, 6.07) is 4.71. The van der Waals surface area contributed by atoms with E-state index in [0.29, 0.717) is 24.5 Å². The van der Waals surface area contributed by atoms with Crippen molar-refractivity contribution in [3.8, 4) is 5.75 Å². The van der Waals surface area contributed by atoms with Crippen LogP contribution in [0.3, 0.4) is 0 Å². The van der Waals surface area contributed by atoms with E-state index in [9.17, 15) is 10.1 Å². The van der Waals surface area contributed by atoms with Crippen LogP contribution in [0.4, 0.5) is 5.69 Å². The molecule has 0 bridgehead atoms. The summed E-state index contributed by atoms with van der Waals surface area (Å²) in [7, 11) is 5.33. The summed E-state index contributed by atoms with van der Waals surface area (Å²) < 4.78 is 22.8. The lowest BCUT2D eigenvalue weighted by Crippen LogP contribution is -2.35. The van der Waals surface area contributed by atoms with Crippen LogP contribution in [0.15, 0.2) is 24.4 Å². The van der Waals surface area contributed by atoms with E-state index in [4.69, 9.17) is 18.9 Å². The summed E-state index contributed by atoms with van der Waals surface area (Å²) in [5.41, 5.74) is 0.510. The Morgan fingerprint density at radius 2 is 1.92 bits per heavy atom. The lowest BCUT2D eigenvalue weighted by molar-refractivity contribution is -0.385. The number of nitro benzene ring substituents is 1. The number of methoxy groups -OCH3 is 1. The van der Waals surface area contributed by atoms with Crippen molar-refractivity contribution >= 4 is 11.8 Å². The molecule has 0 amide bonds.